The fourth-order valence-electron chi connectivity index (χ4n) is 2.60. The molecule has 0 radical (unpaired) electrons. The van der Waals surface area contributed by atoms with Crippen molar-refractivity contribution in [1.82, 2.24) is 4.90 Å². The summed E-state index contributed by atoms with van der Waals surface area (Å²) >= 11 is 0. The number of ether oxygens (including phenoxy) is 2. The first-order valence-electron chi connectivity index (χ1n) is 7.50. The molecule has 1 atom stereocenters. The van der Waals surface area contributed by atoms with Crippen molar-refractivity contribution in [2.45, 2.75) is 25.8 Å². The normalized spacial score (nSPS) is 16.8. The number of hydrogen-bond donors (Lipinski definition) is 1. The molecule has 0 aliphatic carbocycles. The topological polar surface area (TPSA) is 84.9 Å². The third-order valence-electron chi connectivity index (χ3n) is 3.66. The highest BCUT2D eigenvalue weighted by atomic mass is 16.5. The Bertz CT molecular complexity index is 602. The summed E-state index contributed by atoms with van der Waals surface area (Å²) < 4.78 is 9.59. The van der Waals surface area contributed by atoms with Crippen molar-refractivity contribution >= 4 is 23.7 Å². The summed E-state index contributed by atoms with van der Waals surface area (Å²) in [5.41, 5.74) is 0.669. The Morgan fingerprint density at radius 3 is 2.74 bits per heavy atom. The Kier molecular flexibility index (Phi) is 5.56. The molecule has 7 nitrogen and oxygen atoms in total. The van der Waals surface area contributed by atoms with Crippen LogP contribution in [-0.2, 0) is 14.3 Å². The highest BCUT2D eigenvalue weighted by Crippen LogP contribution is 2.24. The van der Waals surface area contributed by atoms with Gasteiger partial charge in [0, 0.05) is 6.54 Å². The van der Waals surface area contributed by atoms with Crippen LogP contribution in [0.15, 0.2) is 24.3 Å². The van der Waals surface area contributed by atoms with Crippen LogP contribution in [-0.4, -0.2) is 49.2 Å². The highest BCUT2D eigenvalue weighted by molar-refractivity contribution is 6.04. The van der Waals surface area contributed by atoms with Crippen molar-refractivity contribution in [3.05, 3.63) is 29.8 Å². The second-order valence-electron chi connectivity index (χ2n) is 5.07. The number of amides is 2. The van der Waals surface area contributed by atoms with E-state index >= 15 is 0 Å². The zero-order valence-corrected chi connectivity index (χ0v) is 13.2. The van der Waals surface area contributed by atoms with E-state index in [-0.39, 0.29) is 12.5 Å². The highest BCUT2D eigenvalue weighted by Gasteiger charge is 2.36. The summed E-state index contributed by atoms with van der Waals surface area (Å²) in [7, 11) is 1.31. The molecule has 7 heteroatoms. The van der Waals surface area contributed by atoms with Gasteiger partial charge in [0.1, 0.15) is 6.04 Å². The van der Waals surface area contributed by atoms with E-state index in [0.717, 1.165) is 6.42 Å². The Hall–Kier alpha value is -2.57. The van der Waals surface area contributed by atoms with E-state index in [0.29, 0.717) is 24.2 Å². The second kappa shape index (κ2) is 7.62. The molecule has 0 bridgehead atoms. The average Bonchev–Trinajstić information content (AvgIpc) is 3.03. The summed E-state index contributed by atoms with van der Waals surface area (Å²) in [6.45, 7) is 2.41. The number of methoxy groups -OCH3 is 1. The maximum absolute atomic E-state index is 12.8. The number of carbonyl (C=O) groups excluding carboxylic acids is 3. The zero-order valence-electron chi connectivity index (χ0n) is 13.2. The molecule has 0 saturated carbocycles. The fraction of sp³-hybridized carbons (Fsp3) is 0.438. The molecule has 23 heavy (non-hydrogen) atoms. The Morgan fingerprint density at radius 2 is 2.04 bits per heavy atom. The number of rotatable bonds is 4. The van der Waals surface area contributed by atoms with Crippen LogP contribution < -0.4 is 5.32 Å². The summed E-state index contributed by atoms with van der Waals surface area (Å²) in [5, 5.41) is 2.55. The number of nitrogens with one attached hydrogen (secondary N) is 1. The molecule has 0 spiro atoms. The molecule has 124 valence electrons. The van der Waals surface area contributed by atoms with Crippen molar-refractivity contribution in [1.29, 1.82) is 0 Å². The second-order valence-corrected chi connectivity index (χ2v) is 5.07. The molecule has 1 heterocycles. The van der Waals surface area contributed by atoms with E-state index in [4.69, 9.17) is 9.47 Å². The summed E-state index contributed by atoms with van der Waals surface area (Å²) in [4.78, 5) is 37.6. The standard InChI is InChI=1S/C16H20N2O5/c1-3-23-16(21)17-12-8-5-4-7-11(12)14(19)18-10-6-9-13(18)15(20)22-2/h4-5,7-8,13H,3,6,9-10H2,1-2H3,(H,17,21)/t13-/m0/s1. The van der Waals surface area contributed by atoms with Gasteiger partial charge in [-0.25, -0.2) is 9.59 Å². The molecule has 0 unspecified atom stereocenters. The number of para-hydroxylation sites is 1. The molecule has 0 aromatic heterocycles. The lowest BCUT2D eigenvalue weighted by molar-refractivity contribution is -0.145. The van der Waals surface area contributed by atoms with Gasteiger partial charge < -0.3 is 14.4 Å². The van der Waals surface area contributed by atoms with Gasteiger partial charge in [0.05, 0.1) is 25.0 Å². The third-order valence-corrected chi connectivity index (χ3v) is 3.66. The van der Waals surface area contributed by atoms with E-state index in [1.54, 1.807) is 31.2 Å². The smallest absolute Gasteiger partial charge is 0.411 e. The van der Waals surface area contributed by atoms with E-state index in [1.165, 1.54) is 12.0 Å². The first-order valence-corrected chi connectivity index (χ1v) is 7.50. The molecular formula is C16H20N2O5. The molecule has 1 aliphatic rings. The van der Waals surface area contributed by atoms with Gasteiger partial charge in [0.25, 0.3) is 5.91 Å². The lowest BCUT2D eigenvalue weighted by Crippen LogP contribution is -2.41. The van der Waals surface area contributed by atoms with E-state index < -0.39 is 18.1 Å². The first-order chi connectivity index (χ1) is 11.1. The van der Waals surface area contributed by atoms with Gasteiger partial charge in [0.2, 0.25) is 0 Å². The molecule has 1 aromatic rings. The maximum atomic E-state index is 12.8. The SMILES string of the molecule is CCOC(=O)Nc1ccccc1C(=O)N1CCC[C@H]1C(=O)OC. The number of hydrogen-bond acceptors (Lipinski definition) is 5. The van der Waals surface area contributed by atoms with Crippen molar-refractivity contribution in [3.8, 4) is 0 Å². The minimum atomic E-state index is -0.626. The number of esters is 1. The quantitative estimate of drug-likeness (QED) is 0.858. The monoisotopic (exact) mass is 320 g/mol. The molecule has 2 amide bonds. The van der Waals surface area contributed by atoms with Gasteiger partial charge in [-0.1, -0.05) is 12.1 Å². The van der Waals surface area contributed by atoms with E-state index in [9.17, 15) is 14.4 Å². The predicted octanol–water partition coefficient (Wildman–Crippen LogP) is 2.03. The number of carbonyl (C=O) groups is 3. The minimum Gasteiger partial charge on any atom is -0.467 e. The molecule has 2 rings (SSSR count). The van der Waals surface area contributed by atoms with E-state index in [2.05, 4.69) is 5.32 Å². The molecule has 1 aromatic carbocycles. The number of likely N-dealkylation sites (tertiary alicyclic amines) is 1. The molecule has 1 aliphatic heterocycles. The molecule has 1 N–H and O–H groups in total. The lowest BCUT2D eigenvalue weighted by atomic mass is 10.1. The van der Waals surface area contributed by atoms with Crippen LogP contribution in [0.2, 0.25) is 0 Å². The van der Waals surface area contributed by atoms with Crippen molar-refractivity contribution < 1.29 is 23.9 Å². The lowest BCUT2D eigenvalue weighted by Gasteiger charge is -2.23. The van der Waals surface area contributed by atoms with Gasteiger partial charge in [-0.3, -0.25) is 10.1 Å². The predicted molar refractivity (Wildman–Crippen MR) is 83.2 cm³/mol. The van der Waals surface area contributed by atoms with Gasteiger partial charge in [0.15, 0.2) is 0 Å². The van der Waals surface area contributed by atoms with Crippen LogP contribution in [0.3, 0.4) is 0 Å². The largest absolute Gasteiger partial charge is 0.467 e. The Balaban J connectivity index is 2.22. The number of anilines is 1. The maximum Gasteiger partial charge on any atom is 0.411 e. The van der Waals surface area contributed by atoms with Crippen LogP contribution in [0, 0.1) is 0 Å². The minimum absolute atomic E-state index is 0.235. The molecule has 1 saturated heterocycles. The Labute approximate surface area is 134 Å². The molecule has 1 fully saturated rings. The van der Waals surface area contributed by atoms with E-state index in [1.807, 2.05) is 0 Å². The van der Waals surface area contributed by atoms with Crippen molar-refractivity contribution in [2.24, 2.45) is 0 Å². The van der Waals surface area contributed by atoms with Crippen molar-refractivity contribution in [2.75, 3.05) is 25.6 Å². The van der Waals surface area contributed by atoms with Gasteiger partial charge in [-0.2, -0.15) is 0 Å². The number of nitrogens with zero attached hydrogens (tertiary/aromatic N) is 1. The summed E-state index contributed by atoms with van der Waals surface area (Å²) in [6, 6.07) is 6.06. The van der Waals surface area contributed by atoms with Crippen LogP contribution in [0.1, 0.15) is 30.1 Å². The van der Waals surface area contributed by atoms with Gasteiger partial charge in [-0.15, -0.1) is 0 Å². The van der Waals surface area contributed by atoms with Crippen LogP contribution in [0.4, 0.5) is 10.5 Å². The van der Waals surface area contributed by atoms with Gasteiger partial charge in [-0.05, 0) is 31.9 Å². The van der Waals surface area contributed by atoms with Crippen LogP contribution in [0.25, 0.3) is 0 Å². The average molecular weight is 320 g/mol. The third kappa shape index (κ3) is 3.80. The summed E-state index contributed by atoms with van der Waals surface area (Å²) in [5.74, 6) is -0.739. The van der Waals surface area contributed by atoms with Crippen LogP contribution in [0.5, 0.6) is 0 Å². The van der Waals surface area contributed by atoms with Crippen molar-refractivity contribution in [3.63, 3.8) is 0 Å². The first kappa shape index (κ1) is 16.8. The molecular weight excluding hydrogens is 300 g/mol. The fourth-order valence-corrected chi connectivity index (χ4v) is 2.60. The zero-order chi connectivity index (χ0) is 16.8. The van der Waals surface area contributed by atoms with Crippen LogP contribution >= 0.6 is 0 Å². The Morgan fingerprint density at radius 1 is 1.30 bits per heavy atom. The summed E-state index contributed by atoms with van der Waals surface area (Å²) in [6.07, 6.45) is 0.684. The van der Waals surface area contributed by atoms with Gasteiger partial charge >= 0.3 is 12.1 Å². The number of benzene rings is 1.